The first-order valence-corrected chi connectivity index (χ1v) is 16.3. The molecule has 0 bridgehead atoms. The average Bonchev–Trinajstić information content (AvgIpc) is 3.44. The summed E-state index contributed by atoms with van der Waals surface area (Å²) in [4.78, 5) is 18.1. The molecule has 5 heterocycles. The number of benzene rings is 1. The molecule has 3 saturated heterocycles. The van der Waals surface area contributed by atoms with Gasteiger partial charge in [-0.2, -0.15) is 9.97 Å². The summed E-state index contributed by atoms with van der Waals surface area (Å²) in [5.41, 5.74) is 0.214. The van der Waals surface area contributed by atoms with Gasteiger partial charge >= 0.3 is 6.01 Å². The Bertz CT molecular complexity index is 1610. The molecule has 3 aromatic rings. The van der Waals surface area contributed by atoms with Crippen LogP contribution in [0.2, 0.25) is 5.02 Å². The second kappa shape index (κ2) is 11.7. The number of rotatable bonds is 9. The molecule has 0 radical (unpaired) electrons. The number of ether oxygens (including phenoxy) is 3. The summed E-state index contributed by atoms with van der Waals surface area (Å²) >= 11 is 6.79. The van der Waals surface area contributed by atoms with E-state index in [2.05, 4.69) is 21.8 Å². The van der Waals surface area contributed by atoms with E-state index >= 15 is 4.39 Å². The molecule has 5 atom stereocenters. The number of nitrogens with zero attached hydrogens (tertiary/aromatic N) is 5. The number of fused-ring (bicyclic) bond motifs is 2. The molecule has 242 valence electrons. The molecule has 0 amide bonds. The molecule has 9 nitrogen and oxygen atoms in total. The minimum absolute atomic E-state index is 0.0154. The Hall–Kier alpha value is -2.86. The van der Waals surface area contributed by atoms with Crippen LogP contribution in [-0.2, 0) is 4.74 Å². The number of alkyl halides is 1. The minimum atomic E-state index is -0.930. The van der Waals surface area contributed by atoms with Gasteiger partial charge in [-0.1, -0.05) is 18.5 Å². The molecule has 4 aliphatic rings. The van der Waals surface area contributed by atoms with E-state index in [-0.39, 0.29) is 36.5 Å². The zero-order chi connectivity index (χ0) is 31.5. The number of pyridine rings is 1. The van der Waals surface area contributed by atoms with Crippen LogP contribution in [0.1, 0.15) is 63.9 Å². The van der Waals surface area contributed by atoms with Crippen LogP contribution in [0.3, 0.4) is 0 Å². The van der Waals surface area contributed by atoms with Gasteiger partial charge in [-0.3, -0.25) is 9.88 Å². The SMILES string of the molecule is COCOc1cc(Cl)c([C@@H]2C[C@H]2C)c(-c2ncc3c(N4CCC[C@@](C)(O)C4)nc(OC[C@@]45CCCN4C[C@H](F)C5)nc3c2F)c1. The summed E-state index contributed by atoms with van der Waals surface area (Å²) in [6.07, 6.45) is 5.24. The summed E-state index contributed by atoms with van der Waals surface area (Å²) in [7, 11) is 1.53. The lowest BCUT2D eigenvalue weighted by molar-refractivity contribution is 0.0447. The van der Waals surface area contributed by atoms with E-state index in [9.17, 15) is 9.50 Å². The number of aromatic nitrogens is 3. The normalized spacial score (nSPS) is 29.8. The maximum atomic E-state index is 16.9. The van der Waals surface area contributed by atoms with Crippen molar-refractivity contribution in [2.24, 2.45) is 5.92 Å². The molecule has 45 heavy (non-hydrogen) atoms. The maximum absolute atomic E-state index is 16.9. The molecule has 1 N–H and O–H groups in total. The molecule has 4 fully saturated rings. The van der Waals surface area contributed by atoms with Gasteiger partial charge in [0.25, 0.3) is 0 Å². The van der Waals surface area contributed by atoms with Crippen LogP contribution >= 0.6 is 11.6 Å². The first-order valence-electron chi connectivity index (χ1n) is 15.9. The number of hydrogen-bond donors (Lipinski definition) is 1. The van der Waals surface area contributed by atoms with E-state index < -0.39 is 23.1 Å². The fraction of sp³-hybridized carbons (Fsp3) is 0.606. The molecule has 2 aromatic heterocycles. The van der Waals surface area contributed by atoms with Crippen LogP contribution in [-0.4, -0.2) is 89.0 Å². The Morgan fingerprint density at radius 3 is 2.71 bits per heavy atom. The lowest BCUT2D eigenvalue weighted by atomic mass is 9.95. The van der Waals surface area contributed by atoms with Gasteiger partial charge in [0.2, 0.25) is 0 Å². The van der Waals surface area contributed by atoms with E-state index in [1.54, 1.807) is 25.3 Å². The van der Waals surface area contributed by atoms with Crippen molar-refractivity contribution in [1.82, 2.24) is 19.9 Å². The third-order valence-corrected chi connectivity index (χ3v) is 10.3. The summed E-state index contributed by atoms with van der Waals surface area (Å²) in [5.74, 6) is 0.863. The van der Waals surface area contributed by atoms with Crippen LogP contribution in [0, 0.1) is 11.7 Å². The number of β-amino-alcohol motifs (C(OH)–C–C–N with tert-alkyl or cyclic N) is 1. The highest BCUT2D eigenvalue weighted by Gasteiger charge is 2.49. The lowest BCUT2D eigenvalue weighted by Gasteiger charge is -2.38. The predicted molar refractivity (Wildman–Crippen MR) is 167 cm³/mol. The summed E-state index contributed by atoms with van der Waals surface area (Å²) in [6, 6.07) is 3.51. The monoisotopic (exact) mass is 643 g/mol. The van der Waals surface area contributed by atoms with Crippen molar-refractivity contribution in [1.29, 1.82) is 0 Å². The fourth-order valence-corrected chi connectivity index (χ4v) is 8.01. The van der Waals surface area contributed by atoms with Crippen molar-refractivity contribution < 1.29 is 28.1 Å². The number of halogens is 3. The molecular weight excluding hydrogens is 604 g/mol. The maximum Gasteiger partial charge on any atom is 0.319 e. The average molecular weight is 644 g/mol. The first-order chi connectivity index (χ1) is 21.6. The van der Waals surface area contributed by atoms with Crippen molar-refractivity contribution in [3.8, 4) is 23.0 Å². The molecule has 1 saturated carbocycles. The van der Waals surface area contributed by atoms with E-state index in [1.807, 2.05) is 4.90 Å². The Morgan fingerprint density at radius 2 is 1.96 bits per heavy atom. The van der Waals surface area contributed by atoms with E-state index in [4.69, 9.17) is 30.8 Å². The van der Waals surface area contributed by atoms with Gasteiger partial charge in [0.15, 0.2) is 12.6 Å². The highest BCUT2D eigenvalue weighted by Crippen LogP contribution is 2.53. The number of methoxy groups -OCH3 is 1. The van der Waals surface area contributed by atoms with Crippen LogP contribution in [0.15, 0.2) is 18.3 Å². The minimum Gasteiger partial charge on any atom is -0.467 e. The van der Waals surface area contributed by atoms with E-state index in [1.165, 1.54) is 7.11 Å². The van der Waals surface area contributed by atoms with Crippen LogP contribution in [0.4, 0.5) is 14.6 Å². The van der Waals surface area contributed by atoms with Crippen molar-refractivity contribution >= 4 is 28.3 Å². The van der Waals surface area contributed by atoms with Gasteiger partial charge in [0, 0.05) is 49.9 Å². The van der Waals surface area contributed by atoms with Gasteiger partial charge in [0.1, 0.15) is 35.6 Å². The summed E-state index contributed by atoms with van der Waals surface area (Å²) in [6.45, 7) is 6.35. The number of hydrogen-bond acceptors (Lipinski definition) is 9. The van der Waals surface area contributed by atoms with Gasteiger partial charge in [-0.05, 0) is 75.1 Å². The molecule has 1 aliphatic carbocycles. The number of piperidine rings is 1. The quantitative estimate of drug-likeness (QED) is 0.286. The van der Waals surface area contributed by atoms with Gasteiger partial charge in [-0.25, -0.2) is 8.78 Å². The fourth-order valence-electron chi connectivity index (χ4n) is 7.66. The first kappa shape index (κ1) is 30.8. The number of anilines is 1. The Labute approximate surface area is 266 Å². The second-order valence-electron chi connectivity index (χ2n) is 13.6. The van der Waals surface area contributed by atoms with Crippen molar-refractivity contribution in [2.45, 2.75) is 75.6 Å². The van der Waals surface area contributed by atoms with Crippen LogP contribution in [0.25, 0.3) is 22.2 Å². The van der Waals surface area contributed by atoms with Crippen molar-refractivity contribution in [2.75, 3.05) is 51.6 Å². The van der Waals surface area contributed by atoms with E-state index in [0.29, 0.717) is 65.9 Å². The Kier molecular flexibility index (Phi) is 8.03. The molecule has 12 heteroatoms. The zero-order valence-electron chi connectivity index (χ0n) is 26.0. The topological polar surface area (TPSA) is 93.1 Å². The molecular formula is C33H40ClF2N5O4. The largest absolute Gasteiger partial charge is 0.467 e. The van der Waals surface area contributed by atoms with Crippen molar-refractivity contribution in [3.05, 3.63) is 34.7 Å². The second-order valence-corrected chi connectivity index (χ2v) is 14.0. The smallest absolute Gasteiger partial charge is 0.319 e. The van der Waals surface area contributed by atoms with Crippen LogP contribution in [0.5, 0.6) is 11.8 Å². The third-order valence-electron chi connectivity index (χ3n) is 10.0. The summed E-state index contributed by atoms with van der Waals surface area (Å²) in [5, 5.41) is 11.8. The molecule has 1 aromatic carbocycles. The van der Waals surface area contributed by atoms with Crippen LogP contribution < -0.4 is 14.4 Å². The molecule has 0 unspecified atom stereocenters. The Balaban J connectivity index is 1.34. The molecule has 0 spiro atoms. The standard InChI is InChI=1S/C33H40ClF2N5O4/c1-19-10-22(19)26-23(11-21(12-25(26)34)45-18-43-3)28-27(36)29-24(14-37-28)30(40-8-4-6-32(2,42)16-40)39-31(38-29)44-17-33-7-5-9-41(33)15-20(35)13-33/h11-12,14,19-20,22,42H,4-10,13,15-18H2,1-3H3/t19-,20-,22-,32-,33+/m1/s1. The highest BCUT2D eigenvalue weighted by molar-refractivity contribution is 6.32. The van der Waals surface area contributed by atoms with Gasteiger partial charge in [-0.15, -0.1) is 0 Å². The number of aliphatic hydroxyl groups is 1. The van der Waals surface area contributed by atoms with Gasteiger partial charge < -0.3 is 24.2 Å². The van der Waals surface area contributed by atoms with E-state index in [0.717, 1.165) is 37.8 Å². The highest BCUT2D eigenvalue weighted by atomic mass is 35.5. The third kappa shape index (κ3) is 5.81. The molecule has 3 aliphatic heterocycles. The van der Waals surface area contributed by atoms with Crippen molar-refractivity contribution in [3.63, 3.8) is 0 Å². The van der Waals surface area contributed by atoms with Gasteiger partial charge in [0.05, 0.1) is 16.5 Å². The molecule has 7 rings (SSSR count). The zero-order valence-corrected chi connectivity index (χ0v) is 26.7. The predicted octanol–water partition coefficient (Wildman–Crippen LogP) is 5.90. The summed E-state index contributed by atoms with van der Waals surface area (Å²) < 4.78 is 48.4. The Morgan fingerprint density at radius 1 is 1.16 bits per heavy atom. The lowest BCUT2D eigenvalue weighted by Crippen LogP contribution is -2.46.